The summed E-state index contributed by atoms with van der Waals surface area (Å²) in [5, 5.41) is 13.1. The molecular formula is C22H23N5OS. The Labute approximate surface area is 173 Å². The molecule has 1 amide bonds. The number of aryl methyl sites for hydroxylation is 5. The van der Waals surface area contributed by atoms with E-state index in [1.54, 1.807) is 0 Å². The van der Waals surface area contributed by atoms with Gasteiger partial charge in [0.1, 0.15) is 5.52 Å². The highest BCUT2D eigenvalue weighted by atomic mass is 32.2. The third-order valence-corrected chi connectivity index (χ3v) is 5.76. The summed E-state index contributed by atoms with van der Waals surface area (Å²) in [6.07, 6.45) is 0. The number of nitrogens with one attached hydrogen (secondary N) is 2. The molecule has 0 aliphatic carbocycles. The van der Waals surface area contributed by atoms with Crippen LogP contribution in [0.2, 0.25) is 0 Å². The van der Waals surface area contributed by atoms with Crippen molar-refractivity contribution in [3.05, 3.63) is 52.1 Å². The number of nitrogens with zero attached hydrogens (tertiary/aromatic N) is 3. The van der Waals surface area contributed by atoms with Crippen LogP contribution in [-0.2, 0) is 4.79 Å². The molecule has 0 bridgehead atoms. The molecule has 0 fully saturated rings. The van der Waals surface area contributed by atoms with Gasteiger partial charge >= 0.3 is 0 Å². The summed E-state index contributed by atoms with van der Waals surface area (Å²) in [4.78, 5) is 20.3. The number of aromatic amines is 1. The van der Waals surface area contributed by atoms with Gasteiger partial charge in [0.15, 0.2) is 5.65 Å². The van der Waals surface area contributed by atoms with Gasteiger partial charge in [0, 0.05) is 11.1 Å². The molecule has 2 heterocycles. The summed E-state index contributed by atoms with van der Waals surface area (Å²) < 4.78 is 0. The normalized spacial score (nSPS) is 11.3. The molecule has 0 atom stereocenters. The summed E-state index contributed by atoms with van der Waals surface area (Å²) in [5.41, 5.74) is 8.97. The van der Waals surface area contributed by atoms with E-state index >= 15 is 0 Å². The van der Waals surface area contributed by atoms with Gasteiger partial charge in [0.25, 0.3) is 0 Å². The highest BCUT2D eigenvalue weighted by Crippen LogP contribution is 2.27. The Kier molecular flexibility index (Phi) is 5.00. The van der Waals surface area contributed by atoms with E-state index < -0.39 is 0 Å². The SMILES string of the molecule is Cc1cc(C)c(NC(=O)CSc2nnc3c(n2)[nH]c2c(C)cc(C)cc23)c(C)c1. The van der Waals surface area contributed by atoms with Gasteiger partial charge < -0.3 is 10.3 Å². The average molecular weight is 406 g/mol. The lowest BCUT2D eigenvalue weighted by molar-refractivity contribution is -0.113. The first-order valence-electron chi connectivity index (χ1n) is 9.45. The second-order valence-corrected chi connectivity index (χ2v) is 8.47. The minimum Gasteiger partial charge on any atom is -0.337 e. The number of benzene rings is 2. The first-order chi connectivity index (χ1) is 13.8. The number of aromatic nitrogens is 4. The van der Waals surface area contributed by atoms with Crippen molar-refractivity contribution in [1.82, 2.24) is 20.2 Å². The molecule has 0 saturated heterocycles. The quantitative estimate of drug-likeness (QED) is 0.478. The van der Waals surface area contributed by atoms with Crippen molar-refractivity contribution in [2.45, 2.75) is 39.8 Å². The molecule has 4 aromatic rings. The fourth-order valence-electron chi connectivity index (χ4n) is 3.76. The van der Waals surface area contributed by atoms with Crippen LogP contribution in [0.1, 0.15) is 27.8 Å². The van der Waals surface area contributed by atoms with Crippen LogP contribution >= 0.6 is 11.8 Å². The standard InChI is InChI=1S/C22H23N5OS/c1-11-6-13(3)18(14(4)7-11)23-17(28)10-29-22-25-21-20(26-27-22)16-9-12(2)8-15(5)19(16)24-21/h6-9H,10H2,1-5H3,(H,23,28)(H,24,25,27). The topological polar surface area (TPSA) is 83.6 Å². The molecule has 2 N–H and O–H groups in total. The van der Waals surface area contributed by atoms with Crippen molar-refractivity contribution >= 4 is 45.4 Å². The van der Waals surface area contributed by atoms with Crippen molar-refractivity contribution in [3.63, 3.8) is 0 Å². The van der Waals surface area contributed by atoms with Gasteiger partial charge in [-0.25, -0.2) is 4.98 Å². The Hall–Kier alpha value is -2.93. The molecule has 0 radical (unpaired) electrons. The average Bonchev–Trinajstić information content (AvgIpc) is 3.01. The highest BCUT2D eigenvalue weighted by molar-refractivity contribution is 7.99. The lowest BCUT2D eigenvalue weighted by Gasteiger charge is -2.12. The van der Waals surface area contributed by atoms with Crippen LogP contribution in [0.25, 0.3) is 22.1 Å². The van der Waals surface area contributed by atoms with E-state index in [-0.39, 0.29) is 11.7 Å². The van der Waals surface area contributed by atoms with Gasteiger partial charge in [-0.1, -0.05) is 41.1 Å². The molecule has 7 heteroatoms. The highest BCUT2D eigenvalue weighted by Gasteiger charge is 2.13. The first-order valence-corrected chi connectivity index (χ1v) is 10.4. The Morgan fingerprint density at radius 3 is 2.34 bits per heavy atom. The second-order valence-electron chi connectivity index (χ2n) is 7.53. The fourth-order valence-corrected chi connectivity index (χ4v) is 4.35. The molecule has 6 nitrogen and oxygen atoms in total. The third kappa shape index (κ3) is 3.82. The third-order valence-electron chi connectivity index (χ3n) is 4.92. The number of carbonyl (C=O) groups is 1. The van der Waals surface area contributed by atoms with Crippen LogP contribution in [0.5, 0.6) is 0 Å². The summed E-state index contributed by atoms with van der Waals surface area (Å²) in [7, 11) is 0. The van der Waals surface area contributed by atoms with Crippen molar-refractivity contribution in [3.8, 4) is 0 Å². The van der Waals surface area contributed by atoms with Crippen molar-refractivity contribution in [2.24, 2.45) is 0 Å². The fraction of sp³-hybridized carbons (Fsp3) is 0.273. The van der Waals surface area contributed by atoms with E-state index in [0.29, 0.717) is 10.8 Å². The van der Waals surface area contributed by atoms with Crippen LogP contribution in [0.4, 0.5) is 5.69 Å². The van der Waals surface area contributed by atoms with Gasteiger partial charge in [0.2, 0.25) is 11.1 Å². The number of hydrogen-bond acceptors (Lipinski definition) is 5. The molecule has 0 spiro atoms. The zero-order valence-corrected chi connectivity index (χ0v) is 18.0. The summed E-state index contributed by atoms with van der Waals surface area (Å²) in [6, 6.07) is 8.34. The molecule has 0 aliphatic rings. The number of carbonyl (C=O) groups excluding carboxylic acids is 1. The predicted molar refractivity (Wildman–Crippen MR) is 119 cm³/mol. The molecule has 0 aliphatic heterocycles. The maximum absolute atomic E-state index is 12.4. The van der Waals surface area contributed by atoms with Crippen LogP contribution in [0, 0.1) is 34.6 Å². The van der Waals surface area contributed by atoms with Crippen molar-refractivity contribution in [2.75, 3.05) is 11.1 Å². The number of rotatable bonds is 4. The number of fused-ring (bicyclic) bond motifs is 3. The van der Waals surface area contributed by atoms with E-state index in [1.807, 2.05) is 13.8 Å². The Bertz CT molecular complexity index is 1240. The second kappa shape index (κ2) is 7.48. The number of amides is 1. The molecule has 148 valence electrons. The molecule has 0 saturated carbocycles. The zero-order chi connectivity index (χ0) is 20.7. The minimum atomic E-state index is -0.0862. The number of hydrogen-bond donors (Lipinski definition) is 2. The minimum absolute atomic E-state index is 0.0862. The maximum atomic E-state index is 12.4. The van der Waals surface area contributed by atoms with Gasteiger partial charge in [0.05, 0.1) is 11.3 Å². The van der Waals surface area contributed by atoms with E-state index in [0.717, 1.165) is 38.8 Å². The molecule has 29 heavy (non-hydrogen) atoms. The Morgan fingerprint density at radius 2 is 1.62 bits per heavy atom. The van der Waals surface area contributed by atoms with Crippen molar-refractivity contribution < 1.29 is 4.79 Å². The van der Waals surface area contributed by atoms with Crippen LogP contribution in [0.3, 0.4) is 0 Å². The summed E-state index contributed by atoms with van der Waals surface area (Å²) >= 11 is 1.28. The molecular weight excluding hydrogens is 382 g/mol. The van der Waals surface area contributed by atoms with Crippen LogP contribution < -0.4 is 5.32 Å². The lowest BCUT2D eigenvalue weighted by atomic mass is 10.1. The lowest BCUT2D eigenvalue weighted by Crippen LogP contribution is -2.16. The first kappa shape index (κ1) is 19.4. The maximum Gasteiger partial charge on any atom is 0.234 e. The predicted octanol–water partition coefficient (Wildman–Crippen LogP) is 4.78. The van der Waals surface area contributed by atoms with E-state index in [4.69, 9.17) is 0 Å². The molecule has 4 rings (SSSR count). The van der Waals surface area contributed by atoms with E-state index in [9.17, 15) is 4.79 Å². The smallest absolute Gasteiger partial charge is 0.234 e. The number of thioether (sulfide) groups is 1. The van der Waals surface area contributed by atoms with E-state index in [1.165, 1.54) is 22.9 Å². The van der Waals surface area contributed by atoms with Crippen molar-refractivity contribution in [1.29, 1.82) is 0 Å². The molecule has 2 aromatic carbocycles. The molecule has 0 unspecified atom stereocenters. The van der Waals surface area contributed by atoms with Gasteiger partial charge in [-0.3, -0.25) is 4.79 Å². The number of anilines is 1. The summed E-state index contributed by atoms with van der Waals surface area (Å²) in [6.45, 7) is 10.2. The van der Waals surface area contributed by atoms with Gasteiger partial charge in [-0.15, -0.1) is 10.2 Å². The van der Waals surface area contributed by atoms with Crippen LogP contribution in [0.15, 0.2) is 29.4 Å². The largest absolute Gasteiger partial charge is 0.337 e. The monoisotopic (exact) mass is 405 g/mol. The zero-order valence-electron chi connectivity index (χ0n) is 17.2. The van der Waals surface area contributed by atoms with Gasteiger partial charge in [-0.05, 0) is 57.4 Å². The Balaban J connectivity index is 1.52. The van der Waals surface area contributed by atoms with Gasteiger partial charge in [-0.2, -0.15) is 0 Å². The number of H-pyrrole nitrogens is 1. The molecule has 2 aromatic heterocycles. The Morgan fingerprint density at radius 1 is 0.966 bits per heavy atom. The van der Waals surface area contributed by atoms with Crippen LogP contribution in [-0.4, -0.2) is 31.8 Å². The summed E-state index contributed by atoms with van der Waals surface area (Å²) in [5.74, 6) is 0.134. The van der Waals surface area contributed by atoms with E-state index in [2.05, 4.69) is 70.5 Å².